The van der Waals surface area contributed by atoms with Gasteiger partial charge in [-0.15, -0.1) is 0 Å². The highest BCUT2D eigenvalue weighted by Crippen LogP contribution is 2.34. The van der Waals surface area contributed by atoms with Gasteiger partial charge in [0.15, 0.2) is 0 Å². The Bertz CT molecular complexity index is 1010. The highest BCUT2D eigenvalue weighted by Gasteiger charge is 2.38. The van der Waals surface area contributed by atoms with Gasteiger partial charge in [-0.05, 0) is 23.8 Å². The summed E-state index contributed by atoms with van der Waals surface area (Å²) in [7, 11) is -4.24. The van der Waals surface area contributed by atoms with Gasteiger partial charge in [0, 0.05) is 18.8 Å². The molecule has 0 radical (unpaired) electrons. The van der Waals surface area contributed by atoms with Crippen LogP contribution < -0.4 is 4.74 Å². The Balaban J connectivity index is 1.92. The molecule has 3 aromatic rings. The Labute approximate surface area is 163 Å². The molecule has 28 heavy (non-hydrogen) atoms. The zero-order chi connectivity index (χ0) is 20.0. The van der Waals surface area contributed by atoms with E-state index in [4.69, 9.17) is 4.74 Å². The van der Waals surface area contributed by atoms with Crippen LogP contribution >= 0.6 is 0 Å². The second-order valence-electron chi connectivity index (χ2n) is 6.09. The summed E-state index contributed by atoms with van der Waals surface area (Å²) in [6.07, 6.45) is 1.05. The van der Waals surface area contributed by atoms with Crippen molar-refractivity contribution in [2.45, 2.75) is 17.8 Å². The summed E-state index contributed by atoms with van der Waals surface area (Å²) in [6, 6.07) is 18.5. The summed E-state index contributed by atoms with van der Waals surface area (Å²) in [4.78, 5) is 7.65. The van der Waals surface area contributed by atoms with E-state index in [1.54, 1.807) is 60.7 Å². The van der Waals surface area contributed by atoms with Crippen LogP contribution in [0.1, 0.15) is 16.4 Å². The molecule has 0 aliphatic rings. The SMILES string of the molecule is C=C(Oc1ncccn1)S(=O)(=O)C(c1ccccc1)C(F)Cc1ccccc1. The largest absolute Gasteiger partial charge is 0.413 e. The molecule has 0 aliphatic carbocycles. The van der Waals surface area contributed by atoms with E-state index < -0.39 is 26.4 Å². The van der Waals surface area contributed by atoms with Gasteiger partial charge in [0.25, 0.3) is 0 Å². The smallest absolute Gasteiger partial charge is 0.322 e. The minimum absolute atomic E-state index is 0.0608. The van der Waals surface area contributed by atoms with Crippen molar-refractivity contribution >= 4 is 9.84 Å². The third-order valence-electron chi connectivity index (χ3n) is 4.13. The Hall–Kier alpha value is -3.06. The van der Waals surface area contributed by atoms with Crippen molar-refractivity contribution in [2.75, 3.05) is 0 Å². The normalized spacial score (nSPS) is 13.5. The van der Waals surface area contributed by atoms with E-state index in [0.29, 0.717) is 11.1 Å². The molecule has 3 rings (SSSR count). The Kier molecular flexibility index (Phi) is 6.16. The van der Waals surface area contributed by atoms with Gasteiger partial charge >= 0.3 is 6.01 Å². The molecule has 0 saturated carbocycles. The highest BCUT2D eigenvalue weighted by atomic mass is 32.2. The first-order valence-electron chi connectivity index (χ1n) is 8.59. The number of benzene rings is 2. The fourth-order valence-electron chi connectivity index (χ4n) is 2.81. The van der Waals surface area contributed by atoms with Crippen LogP contribution in [0.15, 0.2) is 90.8 Å². The van der Waals surface area contributed by atoms with Crippen LogP contribution in [-0.2, 0) is 16.3 Å². The lowest BCUT2D eigenvalue weighted by atomic mass is 10.0. The number of rotatable bonds is 8. The summed E-state index contributed by atoms with van der Waals surface area (Å²) in [6.45, 7) is 3.50. The van der Waals surface area contributed by atoms with E-state index in [2.05, 4.69) is 16.5 Å². The zero-order valence-corrected chi connectivity index (χ0v) is 15.8. The van der Waals surface area contributed by atoms with Gasteiger partial charge < -0.3 is 4.74 Å². The molecule has 0 N–H and O–H groups in total. The van der Waals surface area contributed by atoms with Crippen molar-refractivity contribution in [2.24, 2.45) is 0 Å². The Morgan fingerprint density at radius 3 is 2.14 bits per heavy atom. The van der Waals surface area contributed by atoms with Gasteiger partial charge in [-0.3, -0.25) is 0 Å². The molecule has 0 amide bonds. The molecule has 7 heteroatoms. The van der Waals surface area contributed by atoms with Crippen molar-refractivity contribution in [3.05, 3.63) is 102 Å². The van der Waals surface area contributed by atoms with Crippen LogP contribution in [0.5, 0.6) is 6.01 Å². The molecule has 144 valence electrons. The predicted molar refractivity (Wildman–Crippen MR) is 105 cm³/mol. The Morgan fingerprint density at radius 1 is 0.964 bits per heavy atom. The summed E-state index contributed by atoms with van der Waals surface area (Å²) in [5.41, 5.74) is 1.02. The third kappa shape index (κ3) is 4.61. The first kappa shape index (κ1) is 19.7. The van der Waals surface area contributed by atoms with E-state index in [1.807, 2.05) is 6.07 Å². The molecule has 5 nitrogen and oxygen atoms in total. The van der Waals surface area contributed by atoms with E-state index in [1.165, 1.54) is 12.4 Å². The maximum absolute atomic E-state index is 15.3. The van der Waals surface area contributed by atoms with Gasteiger partial charge in [-0.25, -0.2) is 22.8 Å². The van der Waals surface area contributed by atoms with E-state index in [-0.39, 0.29) is 12.4 Å². The number of nitrogens with zero attached hydrogens (tertiary/aromatic N) is 2. The maximum atomic E-state index is 15.3. The van der Waals surface area contributed by atoms with Crippen molar-refractivity contribution in [1.29, 1.82) is 0 Å². The van der Waals surface area contributed by atoms with E-state index >= 15 is 4.39 Å². The van der Waals surface area contributed by atoms with E-state index in [9.17, 15) is 8.42 Å². The minimum Gasteiger partial charge on any atom is -0.413 e. The molecule has 0 spiro atoms. The summed E-state index contributed by atoms with van der Waals surface area (Å²) in [5, 5.41) is -2.06. The van der Waals surface area contributed by atoms with Crippen LogP contribution in [0.2, 0.25) is 0 Å². The fraction of sp³-hybridized carbons (Fsp3) is 0.143. The maximum Gasteiger partial charge on any atom is 0.322 e. The quantitative estimate of drug-likeness (QED) is 0.535. The molecule has 0 bridgehead atoms. The summed E-state index contributed by atoms with van der Waals surface area (Å²) >= 11 is 0. The number of sulfone groups is 1. The lowest BCUT2D eigenvalue weighted by Crippen LogP contribution is -2.27. The fourth-order valence-corrected chi connectivity index (χ4v) is 4.29. The lowest BCUT2D eigenvalue weighted by Gasteiger charge is -2.22. The molecular formula is C21H19FN2O3S. The van der Waals surface area contributed by atoms with Crippen LogP contribution in [0, 0.1) is 0 Å². The van der Waals surface area contributed by atoms with Crippen LogP contribution in [0.25, 0.3) is 0 Å². The standard InChI is InChI=1S/C21H19FN2O3S/c1-16(27-21-23-13-8-14-24-21)28(25,26)20(18-11-6-3-7-12-18)19(22)15-17-9-4-2-5-10-17/h2-14,19-20H,1,15H2. The molecule has 2 unspecified atom stereocenters. The molecule has 0 aliphatic heterocycles. The summed E-state index contributed by atoms with van der Waals surface area (Å²) < 4.78 is 46.8. The topological polar surface area (TPSA) is 69.2 Å². The van der Waals surface area contributed by atoms with Gasteiger partial charge in [0.1, 0.15) is 11.4 Å². The van der Waals surface area contributed by atoms with Crippen molar-refractivity contribution in [3.8, 4) is 6.01 Å². The van der Waals surface area contributed by atoms with Crippen molar-refractivity contribution < 1.29 is 17.5 Å². The van der Waals surface area contributed by atoms with Crippen LogP contribution in [-0.4, -0.2) is 24.6 Å². The second kappa shape index (κ2) is 8.75. The minimum atomic E-state index is -4.24. The first-order chi connectivity index (χ1) is 13.5. The van der Waals surface area contributed by atoms with Gasteiger partial charge in [-0.2, -0.15) is 0 Å². The van der Waals surface area contributed by atoms with Gasteiger partial charge in [0.05, 0.1) is 0 Å². The van der Waals surface area contributed by atoms with Gasteiger partial charge in [0.2, 0.25) is 14.9 Å². The molecule has 1 heterocycles. The molecule has 0 fully saturated rings. The molecule has 2 atom stereocenters. The second-order valence-corrected chi connectivity index (χ2v) is 8.14. The Morgan fingerprint density at radius 2 is 1.54 bits per heavy atom. The van der Waals surface area contributed by atoms with Crippen LogP contribution in [0.4, 0.5) is 4.39 Å². The third-order valence-corrected chi connectivity index (χ3v) is 6.08. The van der Waals surface area contributed by atoms with Crippen LogP contribution in [0.3, 0.4) is 0 Å². The molecule has 0 saturated heterocycles. The number of ether oxygens (including phenoxy) is 1. The van der Waals surface area contributed by atoms with E-state index in [0.717, 1.165) is 0 Å². The number of alkyl halides is 1. The number of aromatic nitrogens is 2. The predicted octanol–water partition coefficient (Wildman–Crippen LogP) is 4.06. The van der Waals surface area contributed by atoms with Gasteiger partial charge in [-0.1, -0.05) is 60.7 Å². The number of halogens is 1. The van der Waals surface area contributed by atoms with Crippen molar-refractivity contribution in [1.82, 2.24) is 9.97 Å². The molecule has 1 aromatic heterocycles. The average Bonchev–Trinajstić information content (AvgIpc) is 2.70. The first-order valence-corrected chi connectivity index (χ1v) is 10.1. The number of hydrogen-bond donors (Lipinski definition) is 0. The monoisotopic (exact) mass is 398 g/mol. The molecular weight excluding hydrogens is 379 g/mol. The lowest BCUT2D eigenvalue weighted by molar-refractivity contribution is 0.314. The summed E-state index contributed by atoms with van der Waals surface area (Å²) in [5.74, 6) is 0. The van der Waals surface area contributed by atoms with Crippen molar-refractivity contribution in [3.63, 3.8) is 0 Å². The highest BCUT2D eigenvalue weighted by molar-refractivity contribution is 7.95. The molecule has 2 aromatic carbocycles. The zero-order valence-electron chi connectivity index (χ0n) is 15.0. The number of hydrogen-bond acceptors (Lipinski definition) is 5. The average molecular weight is 398 g/mol.